The van der Waals surface area contributed by atoms with Gasteiger partial charge in [-0.15, -0.1) is 11.8 Å². The smallest absolute Gasteiger partial charge is 0.331 e. The van der Waals surface area contributed by atoms with Gasteiger partial charge in [-0.05, 0) is 19.1 Å². The van der Waals surface area contributed by atoms with E-state index in [1.807, 2.05) is 30.3 Å². The average molecular weight is 318 g/mol. The lowest BCUT2D eigenvalue weighted by Crippen LogP contribution is -2.33. The zero-order chi connectivity index (χ0) is 15.7. The second-order valence-corrected chi connectivity index (χ2v) is 6.30. The highest BCUT2D eigenvalue weighted by molar-refractivity contribution is 8.00. The largest absolute Gasteiger partial charge is 0.440 e. The van der Waals surface area contributed by atoms with Gasteiger partial charge in [0.05, 0.1) is 0 Å². The highest BCUT2D eigenvalue weighted by Gasteiger charge is 2.36. The Labute approximate surface area is 130 Å². The molecular formula is C15H14N2O4S. The van der Waals surface area contributed by atoms with Crippen molar-refractivity contribution < 1.29 is 9.53 Å². The van der Waals surface area contributed by atoms with Gasteiger partial charge >= 0.3 is 11.7 Å². The topological polar surface area (TPSA) is 81.2 Å². The van der Waals surface area contributed by atoms with Crippen molar-refractivity contribution >= 4 is 17.7 Å². The lowest BCUT2D eigenvalue weighted by molar-refractivity contribution is -0.144. The number of hydrogen-bond acceptors (Lipinski definition) is 5. The van der Waals surface area contributed by atoms with E-state index < -0.39 is 17.5 Å². The summed E-state index contributed by atoms with van der Waals surface area (Å²) >= 11 is 1.41. The standard InChI is InChI=1S/C15H14N2O4S/c1-9-8-17(15(20)16-13(9)18)12-7-11(14(19)21-12)22-10-5-3-2-4-6-10/h2-6,8,11-12H,7H2,1H3,(H,16,18,20)/t11?,12-/m1/s1. The van der Waals surface area contributed by atoms with Crippen LogP contribution < -0.4 is 11.2 Å². The molecule has 0 aliphatic carbocycles. The van der Waals surface area contributed by atoms with Crippen LogP contribution in [-0.4, -0.2) is 20.8 Å². The van der Waals surface area contributed by atoms with Crippen LogP contribution in [0, 0.1) is 6.92 Å². The van der Waals surface area contributed by atoms with Crippen molar-refractivity contribution in [3.05, 3.63) is 62.9 Å². The van der Waals surface area contributed by atoms with Crippen molar-refractivity contribution in [2.75, 3.05) is 0 Å². The van der Waals surface area contributed by atoms with Crippen molar-refractivity contribution in [2.45, 2.75) is 29.7 Å². The van der Waals surface area contributed by atoms with Gasteiger partial charge in [0.15, 0.2) is 6.23 Å². The molecule has 22 heavy (non-hydrogen) atoms. The quantitative estimate of drug-likeness (QED) is 0.866. The third kappa shape index (κ3) is 2.85. The summed E-state index contributed by atoms with van der Waals surface area (Å²) in [7, 11) is 0. The average Bonchev–Trinajstić information content (AvgIpc) is 2.85. The van der Waals surface area contributed by atoms with E-state index in [-0.39, 0.29) is 11.2 Å². The lowest BCUT2D eigenvalue weighted by atomic mass is 10.3. The molecule has 1 saturated heterocycles. The zero-order valence-corrected chi connectivity index (χ0v) is 12.6. The van der Waals surface area contributed by atoms with Crippen LogP contribution in [0.3, 0.4) is 0 Å². The number of cyclic esters (lactones) is 1. The molecule has 1 fully saturated rings. The van der Waals surface area contributed by atoms with Gasteiger partial charge in [0, 0.05) is 23.1 Å². The van der Waals surface area contributed by atoms with Gasteiger partial charge in [0.25, 0.3) is 5.56 Å². The lowest BCUT2D eigenvalue weighted by Gasteiger charge is -2.12. The summed E-state index contributed by atoms with van der Waals surface area (Å²) in [6.07, 6.45) is 1.12. The fourth-order valence-corrected chi connectivity index (χ4v) is 3.32. The Hall–Kier alpha value is -2.28. The van der Waals surface area contributed by atoms with Gasteiger partial charge in [0.1, 0.15) is 5.25 Å². The SMILES string of the molecule is Cc1cn([C@H]2CC(Sc3ccccc3)C(=O)O2)c(=O)[nH]c1=O. The number of nitrogens with zero attached hydrogens (tertiary/aromatic N) is 1. The van der Waals surface area contributed by atoms with Gasteiger partial charge in [-0.25, -0.2) is 4.79 Å². The van der Waals surface area contributed by atoms with Crippen molar-refractivity contribution in [1.82, 2.24) is 9.55 Å². The second kappa shape index (κ2) is 5.84. The van der Waals surface area contributed by atoms with Gasteiger partial charge < -0.3 is 4.74 Å². The number of thioether (sulfide) groups is 1. The monoisotopic (exact) mass is 318 g/mol. The first kappa shape index (κ1) is 14.6. The fraction of sp³-hybridized carbons (Fsp3) is 0.267. The number of rotatable bonds is 3. The number of aryl methyl sites for hydroxylation is 1. The van der Waals surface area contributed by atoms with E-state index in [1.165, 1.54) is 22.5 Å². The minimum atomic E-state index is -0.684. The number of esters is 1. The van der Waals surface area contributed by atoms with Crippen LogP contribution >= 0.6 is 11.8 Å². The Morgan fingerprint density at radius 3 is 2.68 bits per heavy atom. The molecule has 1 N–H and O–H groups in total. The number of benzene rings is 1. The fourth-order valence-electron chi connectivity index (χ4n) is 2.27. The van der Waals surface area contributed by atoms with E-state index in [4.69, 9.17) is 4.74 Å². The first-order valence-electron chi connectivity index (χ1n) is 6.79. The molecule has 0 radical (unpaired) electrons. The third-order valence-electron chi connectivity index (χ3n) is 3.41. The van der Waals surface area contributed by atoms with Crippen LogP contribution in [0.2, 0.25) is 0 Å². The molecule has 1 aliphatic rings. The molecule has 6 nitrogen and oxygen atoms in total. The molecule has 1 aliphatic heterocycles. The van der Waals surface area contributed by atoms with Gasteiger partial charge in [-0.2, -0.15) is 0 Å². The second-order valence-electron chi connectivity index (χ2n) is 5.03. The summed E-state index contributed by atoms with van der Waals surface area (Å²) in [5.41, 5.74) is -0.602. The summed E-state index contributed by atoms with van der Waals surface area (Å²) in [4.78, 5) is 38.4. The van der Waals surface area contributed by atoms with Gasteiger partial charge in [-0.1, -0.05) is 18.2 Å². The first-order chi connectivity index (χ1) is 10.5. The molecular weight excluding hydrogens is 304 g/mol. The normalized spacial score (nSPS) is 20.9. The first-order valence-corrected chi connectivity index (χ1v) is 7.67. The van der Waals surface area contributed by atoms with Crippen molar-refractivity contribution in [2.24, 2.45) is 0 Å². The highest BCUT2D eigenvalue weighted by Crippen LogP contribution is 2.35. The predicted octanol–water partition coefficient (Wildman–Crippen LogP) is 1.45. The Morgan fingerprint density at radius 1 is 1.23 bits per heavy atom. The maximum atomic E-state index is 12.0. The summed E-state index contributed by atoms with van der Waals surface area (Å²) < 4.78 is 6.55. The van der Waals surface area contributed by atoms with E-state index in [0.29, 0.717) is 12.0 Å². The molecule has 1 aromatic heterocycles. The molecule has 7 heteroatoms. The number of carbonyl (C=O) groups is 1. The van der Waals surface area contributed by atoms with Crippen molar-refractivity contribution in [1.29, 1.82) is 0 Å². The predicted molar refractivity (Wildman–Crippen MR) is 81.9 cm³/mol. The molecule has 0 spiro atoms. The third-order valence-corrected chi connectivity index (χ3v) is 4.62. The van der Waals surface area contributed by atoms with E-state index in [0.717, 1.165) is 4.90 Å². The van der Waals surface area contributed by atoms with E-state index in [2.05, 4.69) is 4.98 Å². The molecule has 0 bridgehead atoms. The summed E-state index contributed by atoms with van der Waals surface area (Å²) in [5.74, 6) is -0.352. The molecule has 3 rings (SSSR count). The molecule has 0 amide bonds. The van der Waals surface area contributed by atoms with Gasteiger partial charge in [0.2, 0.25) is 0 Å². The van der Waals surface area contributed by atoms with Crippen LogP contribution in [0.1, 0.15) is 18.2 Å². The molecule has 0 saturated carbocycles. The number of carbonyl (C=O) groups excluding carboxylic acids is 1. The summed E-state index contributed by atoms with van der Waals surface area (Å²) in [6, 6.07) is 9.54. The van der Waals surface area contributed by atoms with Crippen LogP contribution in [-0.2, 0) is 9.53 Å². The van der Waals surface area contributed by atoms with Crippen molar-refractivity contribution in [3.8, 4) is 0 Å². The molecule has 1 aromatic carbocycles. The van der Waals surface area contributed by atoms with Crippen molar-refractivity contribution in [3.63, 3.8) is 0 Å². The van der Waals surface area contributed by atoms with E-state index in [9.17, 15) is 14.4 Å². The number of hydrogen-bond donors (Lipinski definition) is 1. The van der Waals surface area contributed by atoms with E-state index >= 15 is 0 Å². The molecule has 2 atom stereocenters. The maximum absolute atomic E-state index is 12.0. The Bertz CT molecular complexity index is 812. The summed E-state index contributed by atoms with van der Waals surface area (Å²) in [5, 5.41) is -0.369. The molecule has 2 aromatic rings. The zero-order valence-electron chi connectivity index (χ0n) is 11.8. The maximum Gasteiger partial charge on any atom is 0.331 e. The minimum Gasteiger partial charge on any atom is -0.440 e. The highest BCUT2D eigenvalue weighted by atomic mass is 32.2. The number of ether oxygens (including phenoxy) is 1. The Kier molecular flexibility index (Phi) is 3.89. The number of nitrogens with one attached hydrogen (secondary N) is 1. The molecule has 2 heterocycles. The van der Waals surface area contributed by atoms with Crippen LogP contribution in [0.15, 0.2) is 51.0 Å². The number of aromatic amines is 1. The van der Waals surface area contributed by atoms with Crippen LogP contribution in [0.4, 0.5) is 0 Å². The summed E-state index contributed by atoms with van der Waals surface area (Å²) in [6.45, 7) is 1.60. The van der Waals surface area contributed by atoms with Crippen LogP contribution in [0.5, 0.6) is 0 Å². The van der Waals surface area contributed by atoms with E-state index in [1.54, 1.807) is 6.92 Å². The molecule has 1 unspecified atom stereocenters. The van der Waals surface area contributed by atoms with Gasteiger partial charge in [-0.3, -0.25) is 19.1 Å². The molecule has 114 valence electrons. The Balaban J connectivity index is 1.82. The van der Waals surface area contributed by atoms with Crippen LogP contribution in [0.25, 0.3) is 0 Å². The minimum absolute atomic E-state index is 0.352. The number of aromatic nitrogens is 2. The Morgan fingerprint density at radius 2 is 1.95 bits per heavy atom. The number of H-pyrrole nitrogens is 1.